The molecule has 0 radical (unpaired) electrons. The number of benzene rings is 2. The molecule has 2 aromatic carbocycles. The lowest BCUT2D eigenvalue weighted by molar-refractivity contribution is -0.122. The molecule has 27 heavy (non-hydrogen) atoms. The van der Waals surface area contributed by atoms with E-state index >= 15 is 0 Å². The Morgan fingerprint density at radius 2 is 1.81 bits per heavy atom. The maximum absolute atomic E-state index is 12.9. The predicted octanol–water partition coefficient (Wildman–Crippen LogP) is 5.06. The lowest BCUT2D eigenvalue weighted by Gasteiger charge is -2.14. The van der Waals surface area contributed by atoms with Gasteiger partial charge in [-0.05, 0) is 47.0 Å². The van der Waals surface area contributed by atoms with Gasteiger partial charge in [0.1, 0.15) is 0 Å². The Balaban J connectivity index is 1.88. The fourth-order valence-electron chi connectivity index (χ4n) is 2.71. The number of para-hydroxylation sites is 1. The Morgan fingerprint density at radius 3 is 2.44 bits per heavy atom. The highest BCUT2D eigenvalue weighted by Gasteiger charge is 2.33. The van der Waals surface area contributed by atoms with E-state index in [0.29, 0.717) is 29.1 Å². The van der Waals surface area contributed by atoms with Gasteiger partial charge in [-0.3, -0.25) is 9.69 Å². The van der Waals surface area contributed by atoms with Crippen molar-refractivity contribution in [2.45, 2.75) is 19.8 Å². The van der Waals surface area contributed by atoms with Gasteiger partial charge in [0.05, 0.1) is 23.7 Å². The van der Waals surface area contributed by atoms with Crippen LogP contribution in [0.25, 0.3) is 6.08 Å². The number of nitrogens with zero attached hydrogens (tertiary/aromatic N) is 2. The van der Waals surface area contributed by atoms with Crippen molar-refractivity contribution in [1.82, 2.24) is 4.90 Å². The number of ether oxygens (including phenoxy) is 1. The van der Waals surface area contributed by atoms with E-state index in [1.807, 2.05) is 36.4 Å². The fourth-order valence-corrected chi connectivity index (χ4v) is 3.74. The van der Waals surface area contributed by atoms with E-state index in [0.717, 1.165) is 11.3 Å². The molecule has 5 heteroatoms. The highest BCUT2D eigenvalue weighted by Crippen LogP contribution is 2.34. The fraction of sp³-hybridized carbons (Fsp3) is 0.273. The molecule has 0 aromatic heterocycles. The standard InChI is InChI=1S/C22H24N2O2S/c1-16(2)18-11-9-17(10-12-18)15-20-21(25)24(13-14-26-3)22(27-20)23-19-7-5-4-6-8-19/h4-12,15-16H,13-14H2,1-3H3/b20-15-,23-22?. The molecule has 1 aliphatic heterocycles. The van der Waals surface area contributed by atoms with Crippen molar-refractivity contribution in [2.24, 2.45) is 4.99 Å². The van der Waals surface area contributed by atoms with Crippen molar-refractivity contribution < 1.29 is 9.53 Å². The maximum Gasteiger partial charge on any atom is 0.266 e. The topological polar surface area (TPSA) is 41.9 Å². The molecule has 0 aliphatic carbocycles. The molecule has 0 spiro atoms. The number of hydrogen-bond acceptors (Lipinski definition) is 4. The summed E-state index contributed by atoms with van der Waals surface area (Å²) in [6, 6.07) is 18.0. The van der Waals surface area contributed by atoms with Crippen LogP contribution < -0.4 is 0 Å². The van der Waals surface area contributed by atoms with Gasteiger partial charge in [0.25, 0.3) is 5.91 Å². The van der Waals surface area contributed by atoms with Crippen molar-refractivity contribution >= 4 is 34.6 Å². The van der Waals surface area contributed by atoms with Gasteiger partial charge < -0.3 is 4.74 Å². The first-order chi connectivity index (χ1) is 13.1. The second-order valence-corrected chi connectivity index (χ2v) is 7.62. The highest BCUT2D eigenvalue weighted by molar-refractivity contribution is 8.18. The summed E-state index contributed by atoms with van der Waals surface area (Å²) in [4.78, 5) is 19.9. The van der Waals surface area contributed by atoms with Crippen LogP contribution in [-0.2, 0) is 9.53 Å². The average Bonchev–Trinajstić information content (AvgIpc) is 2.96. The molecule has 1 fully saturated rings. The number of amides is 1. The number of amidine groups is 1. The second kappa shape index (κ2) is 9.02. The summed E-state index contributed by atoms with van der Waals surface area (Å²) in [5, 5.41) is 0.688. The molecule has 140 valence electrons. The lowest BCUT2D eigenvalue weighted by atomic mass is 10.0. The van der Waals surface area contributed by atoms with E-state index < -0.39 is 0 Å². The van der Waals surface area contributed by atoms with E-state index in [2.05, 4.69) is 43.1 Å². The molecule has 1 saturated heterocycles. The molecule has 1 amide bonds. The first kappa shape index (κ1) is 19.4. The van der Waals surface area contributed by atoms with Gasteiger partial charge in [0.2, 0.25) is 0 Å². The molecule has 0 N–H and O–H groups in total. The van der Waals surface area contributed by atoms with Crippen molar-refractivity contribution in [1.29, 1.82) is 0 Å². The Hall–Kier alpha value is -2.37. The number of thioether (sulfide) groups is 1. The van der Waals surface area contributed by atoms with E-state index in [9.17, 15) is 4.79 Å². The normalized spacial score (nSPS) is 17.5. The lowest BCUT2D eigenvalue weighted by Crippen LogP contribution is -2.32. The largest absolute Gasteiger partial charge is 0.383 e. The first-order valence-corrected chi connectivity index (χ1v) is 9.84. The predicted molar refractivity (Wildman–Crippen MR) is 113 cm³/mol. The zero-order valence-corrected chi connectivity index (χ0v) is 16.7. The second-order valence-electron chi connectivity index (χ2n) is 6.61. The Kier molecular flexibility index (Phi) is 6.48. The molecular weight excluding hydrogens is 356 g/mol. The van der Waals surface area contributed by atoms with Crippen molar-refractivity contribution in [3.63, 3.8) is 0 Å². The first-order valence-electron chi connectivity index (χ1n) is 9.02. The van der Waals surface area contributed by atoms with Gasteiger partial charge in [-0.15, -0.1) is 0 Å². The summed E-state index contributed by atoms with van der Waals surface area (Å²) in [6.07, 6.45) is 1.93. The SMILES string of the molecule is COCCN1C(=O)/C(=C/c2ccc(C(C)C)cc2)SC1=Nc1ccccc1. The molecule has 1 aliphatic rings. The minimum atomic E-state index is -0.0281. The van der Waals surface area contributed by atoms with Crippen LogP contribution in [0.4, 0.5) is 5.69 Å². The third-order valence-electron chi connectivity index (χ3n) is 4.29. The zero-order valence-electron chi connectivity index (χ0n) is 15.9. The summed E-state index contributed by atoms with van der Waals surface area (Å²) in [5.41, 5.74) is 3.14. The van der Waals surface area contributed by atoms with Crippen LogP contribution in [0.5, 0.6) is 0 Å². The van der Waals surface area contributed by atoms with Crippen LogP contribution in [0.1, 0.15) is 30.9 Å². The minimum Gasteiger partial charge on any atom is -0.383 e. The summed E-state index contributed by atoms with van der Waals surface area (Å²) in [6.45, 7) is 5.29. The molecule has 4 nitrogen and oxygen atoms in total. The van der Waals surface area contributed by atoms with Crippen molar-refractivity contribution in [3.05, 3.63) is 70.6 Å². The summed E-state index contributed by atoms with van der Waals surface area (Å²) in [5.74, 6) is 0.461. The van der Waals surface area contributed by atoms with Gasteiger partial charge in [0.15, 0.2) is 5.17 Å². The third kappa shape index (κ3) is 4.87. The Bertz CT molecular complexity index is 842. The van der Waals surface area contributed by atoms with E-state index in [1.54, 1.807) is 12.0 Å². The van der Waals surface area contributed by atoms with Crippen molar-refractivity contribution in [3.8, 4) is 0 Å². The smallest absolute Gasteiger partial charge is 0.266 e. The van der Waals surface area contributed by atoms with Crippen LogP contribution in [-0.4, -0.2) is 36.2 Å². The summed E-state index contributed by atoms with van der Waals surface area (Å²) >= 11 is 1.41. The number of carbonyl (C=O) groups is 1. The molecule has 3 rings (SSSR count). The number of methoxy groups -OCH3 is 1. The summed E-state index contributed by atoms with van der Waals surface area (Å²) in [7, 11) is 1.63. The van der Waals surface area contributed by atoms with Gasteiger partial charge in [-0.25, -0.2) is 4.99 Å². The van der Waals surface area contributed by atoms with Gasteiger partial charge in [0, 0.05) is 7.11 Å². The zero-order chi connectivity index (χ0) is 19.2. The number of rotatable bonds is 6. The highest BCUT2D eigenvalue weighted by atomic mass is 32.2. The Morgan fingerprint density at radius 1 is 1.11 bits per heavy atom. The van der Waals surface area contributed by atoms with Crippen LogP contribution in [0, 0.1) is 0 Å². The van der Waals surface area contributed by atoms with Gasteiger partial charge in [-0.2, -0.15) is 0 Å². The summed E-state index contributed by atoms with van der Waals surface area (Å²) < 4.78 is 5.16. The van der Waals surface area contributed by atoms with Crippen LogP contribution in [0.3, 0.4) is 0 Å². The van der Waals surface area contributed by atoms with Crippen LogP contribution in [0.2, 0.25) is 0 Å². The number of carbonyl (C=O) groups excluding carboxylic acids is 1. The van der Waals surface area contributed by atoms with Crippen LogP contribution in [0.15, 0.2) is 64.5 Å². The Labute approximate surface area is 164 Å². The molecule has 2 aromatic rings. The van der Waals surface area contributed by atoms with E-state index in [1.165, 1.54) is 17.3 Å². The quantitative estimate of drug-likeness (QED) is 0.658. The molecule has 1 heterocycles. The van der Waals surface area contributed by atoms with Gasteiger partial charge in [-0.1, -0.05) is 56.3 Å². The molecule has 0 bridgehead atoms. The van der Waals surface area contributed by atoms with Crippen LogP contribution >= 0.6 is 11.8 Å². The maximum atomic E-state index is 12.9. The van der Waals surface area contributed by atoms with E-state index in [4.69, 9.17) is 4.74 Å². The number of aliphatic imine (C=N–C) groups is 1. The molecular formula is C22H24N2O2S. The van der Waals surface area contributed by atoms with E-state index in [-0.39, 0.29) is 5.91 Å². The molecule has 0 unspecified atom stereocenters. The molecule has 0 atom stereocenters. The third-order valence-corrected chi connectivity index (χ3v) is 5.30. The van der Waals surface area contributed by atoms with Gasteiger partial charge >= 0.3 is 0 Å². The molecule has 0 saturated carbocycles. The number of hydrogen-bond donors (Lipinski definition) is 0. The average molecular weight is 381 g/mol. The monoisotopic (exact) mass is 380 g/mol. The van der Waals surface area contributed by atoms with Crippen molar-refractivity contribution in [2.75, 3.05) is 20.3 Å². The minimum absolute atomic E-state index is 0.0281.